The molecule has 30 heavy (non-hydrogen) atoms. The van der Waals surface area contributed by atoms with Crippen LogP contribution < -0.4 is 10.1 Å². The van der Waals surface area contributed by atoms with Crippen molar-refractivity contribution >= 4 is 11.6 Å². The molecule has 0 aliphatic heterocycles. The quantitative estimate of drug-likeness (QED) is 0.453. The fraction of sp³-hybridized carbons (Fsp3) is 0.238. The maximum Gasteiger partial charge on any atom is 0.294 e. The number of aromatic nitrogens is 2. The van der Waals surface area contributed by atoms with Crippen molar-refractivity contribution in [1.29, 1.82) is 0 Å². The molecule has 156 valence electrons. The molecule has 0 bridgehead atoms. The lowest BCUT2D eigenvalue weighted by Crippen LogP contribution is -2.34. The maximum atomic E-state index is 12.7. The van der Waals surface area contributed by atoms with E-state index < -0.39 is 4.92 Å². The van der Waals surface area contributed by atoms with E-state index in [0.29, 0.717) is 12.2 Å². The summed E-state index contributed by atoms with van der Waals surface area (Å²) in [6, 6.07) is 11.9. The molecule has 1 N–H and O–H groups in total. The Labute approximate surface area is 174 Å². The van der Waals surface area contributed by atoms with E-state index in [2.05, 4.69) is 10.3 Å². The van der Waals surface area contributed by atoms with Crippen LogP contribution in [0.4, 0.5) is 5.69 Å². The van der Waals surface area contributed by atoms with Crippen molar-refractivity contribution in [1.82, 2.24) is 19.8 Å². The van der Waals surface area contributed by atoms with Crippen molar-refractivity contribution in [3.63, 3.8) is 0 Å². The molecule has 3 aromatic rings. The Morgan fingerprint density at radius 3 is 2.73 bits per heavy atom. The highest BCUT2D eigenvalue weighted by molar-refractivity contribution is 5.95. The van der Waals surface area contributed by atoms with Crippen molar-refractivity contribution in [3.05, 3.63) is 82.4 Å². The number of benzene rings is 2. The van der Waals surface area contributed by atoms with Crippen LogP contribution in [0.25, 0.3) is 5.69 Å². The second-order valence-corrected chi connectivity index (χ2v) is 6.90. The summed E-state index contributed by atoms with van der Waals surface area (Å²) >= 11 is 0. The number of likely N-dealkylation sites (N-methyl/N-ethyl adjacent to an activating group) is 1. The number of methoxy groups -OCH3 is 1. The van der Waals surface area contributed by atoms with Gasteiger partial charge in [0, 0.05) is 30.6 Å². The minimum atomic E-state index is -0.509. The number of ether oxygens (including phenoxy) is 1. The molecular formula is C21H23N5O4. The van der Waals surface area contributed by atoms with E-state index in [1.807, 2.05) is 43.3 Å². The Balaban J connectivity index is 1.79. The van der Waals surface area contributed by atoms with E-state index in [-0.39, 0.29) is 23.2 Å². The Morgan fingerprint density at radius 2 is 2.10 bits per heavy atom. The molecule has 9 heteroatoms. The molecule has 1 aromatic heterocycles. The van der Waals surface area contributed by atoms with Gasteiger partial charge in [-0.1, -0.05) is 12.1 Å². The standard InChI is InChI=1S/C21H23N5O4/c1-24(2)20(15-5-4-6-17(11-15)30-3)13-23-21(27)16-7-8-18(19(12-16)26(28)29)25-10-9-22-14-25/h4-12,14,20H,13H2,1-3H3,(H,23,27). The third-order valence-electron chi connectivity index (χ3n) is 4.77. The van der Waals surface area contributed by atoms with E-state index in [4.69, 9.17) is 4.74 Å². The van der Waals surface area contributed by atoms with Crippen LogP contribution in [0.1, 0.15) is 22.0 Å². The molecular weight excluding hydrogens is 386 g/mol. The van der Waals surface area contributed by atoms with Crippen molar-refractivity contribution in [2.45, 2.75) is 6.04 Å². The van der Waals surface area contributed by atoms with Crippen LogP contribution in [-0.2, 0) is 0 Å². The molecule has 2 aromatic carbocycles. The zero-order valence-electron chi connectivity index (χ0n) is 17.0. The molecule has 1 amide bonds. The summed E-state index contributed by atoms with van der Waals surface area (Å²) in [5.74, 6) is 0.349. The van der Waals surface area contributed by atoms with Crippen LogP contribution in [-0.4, -0.2) is 53.0 Å². The van der Waals surface area contributed by atoms with Gasteiger partial charge in [-0.15, -0.1) is 0 Å². The number of carbonyl (C=O) groups is 1. The van der Waals surface area contributed by atoms with Gasteiger partial charge in [0.2, 0.25) is 0 Å². The van der Waals surface area contributed by atoms with Crippen molar-refractivity contribution < 1.29 is 14.5 Å². The van der Waals surface area contributed by atoms with E-state index in [1.165, 1.54) is 23.2 Å². The Hall–Kier alpha value is -3.72. The second kappa shape index (κ2) is 9.19. The summed E-state index contributed by atoms with van der Waals surface area (Å²) in [4.78, 5) is 29.6. The predicted octanol–water partition coefficient (Wildman–Crippen LogP) is 2.82. The molecule has 1 heterocycles. The summed E-state index contributed by atoms with van der Waals surface area (Å²) in [5, 5.41) is 14.4. The van der Waals surface area contributed by atoms with Gasteiger partial charge >= 0.3 is 0 Å². The van der Waals surface area contributed by atoms with E-state index >= 15 is 0 Å². The van der Waals surface area contributed by atoms with Gasteiger partial charge in [0.05, 0.1) is 24.4 Å². The Morgan fingerprint density at radius 1 is 1.30 bits per heavy atom. The maximum absolute atomic E-state index is 12.7. The molecule has 0 aliphatic rings. The number of nitro benzene ring substituents is 1. The van der Waals surface area contributed by atoms with Gasteiger partial charge in [-0.05, 0) is 43.9 Å². The van der Waals surface area contributed by atoms with Crippen LogP contribution >= 0.6 is 0 Å². The van der Waals surface area contributed by atoms with Crippen molar-refractivity contribution in [2.24, 2.45) is 0 Å². The molecule has 0 saturated heterocycles. The average Bonchev–Trinajstić information content (AvgIpc) is 3.28. The molecule has 1 atom stereocenters. The molecule has 0 fully saturated rings. The van der Waals surface area contributed by atoms with E-state index in [1.54, 1.807) is 25.4 Å². The van der Waals surface area contributed by atoms with Gasteiger partial charge in [0.1, 0.15) is 11.4 Å². The number of nitrogens with zero attached hydrogens (tertiary/aromatic N) is 4. The van der Waals surface area contributed by atoms with Gasteiger partial charge in [-0.3, -0.25) is 14.9 Å². The van der Waals surface area contributed by atoms with Crippen molar-refractivity contribution in [3.8, 4) is 11.4 Å². The highest BCUT2D eigenvalue weighted by atomic mass is 16.6. The fourth-order valence-electron chi connectivity index (χ4n) is 3.17. The molecule has 0 spiro atoms. The highest BCUT2D eigenvalue weighted by Gasteiger charge is 2.20. The molecule has 0 aliphatic carbocycles. The topological polar surface area (TPSA) is 103 Å². The first-order valence-corrected chi connectivity index (χ1v) is 9.26. The summed E-state index contributed by atoms with van der Waals surface area (Å²) < 4.78 is 6.81. The number of carbonyl (C=O) groups excluding carboxylic acids is 1. The zero-order valence-corrected chi connectivity index (χ0v) is 17.0. The van der Waals surface area contributed by atoms with Crippen LogP contribution in [0.15, 0.2) is 61.2 Å². The van der Waals surface area contributed by atoms with Gasteiger partial charge in [-0.25, -0.2) is 4.98 Å². The number of hydrogen-bond acceptors (Lipinski definition) is 6. The van der Waals surface area contributed by atoms with Crippen LogP contribution in [0.3, 0.4) is 0 Å². The average molecular weight is 409 g/mol. The van der Waals surface area contributed by atoms with Gasteiger partial charge in [-0.2, -0.15) is 0 Å². The third kappa shape index (κ3) is 4.64. The first kappa shape index (κ1) is 21.0. The highest BCUT2D eigenvalue weighted by Crippen LogP contribution is 2.25. The first-order chi connectivity index (χ1) is 14.4. The molecule has 1 unspecified atom stereocenters. The van der Waals surface area contributed by atoms with Gasteiger partial charge in [0.25, 0.3) is 11.6 Å². The largest absolute Gasteiger partial charge is 0.497 e. The predicted molar refractivity (Wildman–Crippen MR) is 112 cm³/mol. The number of nitro groups is 1. The van der Waals surface area contributed by atoms with Crippen LogP contribution in [0.2, 0.25) is 0 Å². The molecule has 9 nitrogen and oxygen atoms in total. The summed E-state index contributed by atoms with van der Waals surface area (Å²) in [7, 11) is 5.44. The molecule has 3 rings (SSSR count). The van der Waals surface area contributed by atoms with Gasteiger partial charge < -0.3 is 19.5 Å². The lowest BCUT2D eigenvalue weighted by atomic mass is 10.1. The normalized spacial score (nSPS) is 11.9. The smallest absolute Gasteiger partial charge is 0.294 e. The number of amides is 1. The number of rotatable bonds is 8. The lowest BCUT2D eigenvalue weighted by molar-refractivity contribution is -0.384. The summed E-state index contributed by atoms with van der Waals surface area (Å²) in [5.41, 5.74) is 1.38. The Kier molecular flexibility index (Phi) is 6.43. The molecule has 0 radical (unpaired) electrons. The first-order valence-electron chi connectivity index (χ1n) is 9.26. The van der Waals surface area contributed by atoms with E-state index in [0.717, 1.165) is 11.3 Å². The zero-order chi connectivity index (χ0) is 21.7. The third-order valence-corrected chi connectivity index (χ3v) is 4.77. The fourth-order valence-corrected chi connectivity index (χ4v) is 3.17. The monoisotopic (exact) mass is 409 g/mol. The minimum absolute atomic E-state index is 0.0933. The minimum Gasteiger partial charge on any atom is -0.497 e. The number of imidazole rings is 1. The van der Waals surface area contributed by atoms with Crippen LogP contribution in [0, 0.1) is 10.1 Å². The van der Waals surface area contributed by atoms with Crippen molar-refractivity contribution in [2.75, 3.05) is 27.7 Å². The summed E-state index contributed by atoms with van der Waals surface area (Å²) in [6.45, 7) is 0.329. The number of hydrogen-bond donors (Lipinski definition) is 1. The van der Waals surface area contributed by atoms with Crippen LogP contribution in [0.5, 0.6) is 5.75 Å². The molecule has 0 saturated carbocycles. The number of nitrogens with one attached hydrogen (secondary N) is 1. The lowest BCUT2D eigenvalue weighted by Gasteiger charge is -2.25. The summed E-state index contributed by atoms with van der Waals surface area (Å²) in [6.07, 6.45) is 4.61. The Bertz CT molecular complexity index is 1030. The SMILES string of the molecule is COc1cccc(C(CNC(=O)c2ccc(-n3ccnc3)c([N+](=O)[O-])c2)N(C)C)c1. The second-order valence-electron chi connectivity index (χ2n) is 6.90. The van der Waals surface area contributed by atoms with Gasteiger partial charge in [0.15, 0.2) is 0 Å². The van der Waals surface area contributed by atoms with E-state index in [9.17, 15) is 14.9 Å².